The molecule has 0 radical (unpaired) electrons. The molecule has 0 bridgehead atoms. The Kier molecular flexibility index (Phi) is 9.27. The number of carbonyl (C=O) groups is 1. The van der Waals surface area contributed by atoms with E-state index in [1.165, 1.54) is 25.1 Å². The highest BCUT2D eigenvalue weighted by Crippen LogP contribution is 2.49. The molecule has 0 saturated carbocycles. The topological polar surface area (TPSA) is 137 Å². The number of phosphoric acid groups is 1. The van der Waals surface area contributed by atoms with Crippen LogP contribution >= 0.6 is 20.7 Å². The van der Waals surface area contributed by atoms with E-state index in [0.717, 1.165) is 0 Å². The number of hydrogen-bond donors (Lipinski definition) is 3. The fourth-order valence-electron chi connectivity index (χ4n) is 2.15. The monoisotopic (exact) mass is 406 g/mol. The molecule has 1 aromatic carbocycles. The van der Waals surface area contributed by atoms with Gasteiger partial charge < -0.3 is 14.9 Å². The number of amides is 1. The summed E-state index contributed by atoms with van der Waals surface area (Å²) in [5.41, 5.74) is 0.355. The van der Waals surface area contributed by atoms with Gasteiger partial charge in [-0.3, -0.25) is 19.4 Å². The quantitative estimate of drug-likeness (QED) is 0.0959. The molecular formula is C13H20BN2O8PS. The van der Waals surface area contributed by atoms with E-state index in [-0.39, 0.29) is 23.7 Å². The molecular weight excluding hydrogens is 386 g/mol. The Morgan fingerprint density at radius 1 is 1.54 bits per heavy atom. The molecule has 0 aromatic heterocycles. The molecule has 0 spiro atoms. The lowest BCUT2D eigenvalue weighted by Gasteiger charge is -2.16. The van der Waals surface area contributed by atoms with Crippen molar-refractivity contribution in [2.45, 2.75) is 32.4 Å². The lowest BCUT2D eigenvalue weighted by Crippen LogP contribution is -2.23. The fourth-order valence-corrected chi connectivity index (χ4v) is 2.81. The summed E-state index contributed by atoms with van der Waals surface area (Å²) in [5.74, 6) is -0.186. The number of carbonyl (C=O) groups excluding carboxylic acids is 1. The van der Waals surface area contributed by atoms with Crippen LogP contribution in [0.15, 0.2) is 18.2 Å². The van der Waals surface area contributed by atoms with Crippen LogP contribution in [0.1, 0.15) is 37.0 Å². The van der Waals surface area contributed by atoms with E-state index in [9.17, 15) is 24.4 Å². The van der Waals surface area contributed by atoms with Crippen LogP contribution in [0.25, 0.3) is 0 Å². The van der Waals surface area contributed by atoms with Gasteiger partial charge in [0.2, 0.25) is 5.91 Å². The van der Waals surface area contributed by atoms with Crippen molar-refractivity contribution < 1.29 is 32.3 Å². The van der Waals surface area contributed by atoms with E-state index in [1.54, 1.807) is 8.05 Å². The number of nitro groups is 1. The molecule has 2 atom stereocenters. The Morgan fingerprint density at radius 2 is 2.23 bits per heavy atom. The van der Waals surface area contributed by atoms with Crippen LogP contribution in [0.3, 0.4) is 0 Å². The smallest absolute Gasteiger partial charge is 0.444 e. The zero-order valence-corrected chi connectivity index (χ0v) is 16.1. The van der Waals surface area contributed by atoms with Gasteiger partial charge >= 0.3 is 7.82 Å². The number of thiol groups is 1. The number of hydrogen-bond acceptors (Lipinski definition) is 8. The van der Waals surface area contributed by atoms with Gasteiger partial charge in [0.1, 0.15) is 0 Å². The van der Waals surface area contributed by atoms with Crippen LogP contribution in [0.4, 0.5) is 5.69 Å². The molecule has 0 fully saturated rings. The van der Waals surface area contributed by atoms with E-state index < -0.39 is 18.8 Å². The highest BCUT2D eigenvalue weighted by Gasteiger charge is 2.28. The van der Waals surface area contributed by atoms with E-state index >= 15 is 0 Å². The maximum absolute atomic E-state index is 11.7. The van der Waals surface area contributed by atoms with Gasteiger partial charge in [0, 0.05) is 25.6 Å². The maximum Gasteiger partial charge on any atom is 0.483 e. The standard InChI is InChI=1S/C13H20BN2O8PS/c1-9(23-25(20,21)24-26)11-7-10(4-5-12(11)16(18)19)8-15-13(17)3-2-6-22-14/h4-5,7,9,26H,2-3,6,8,14H2,1H3,(H,15,17)(H,20,21). The van der Waals surface area contributed by atoms with Crippen molar-refractivity contribution in [2.75, 3.05) is 6.61 Å². The molecule has 1 amide bonds. The molecule has 0 saturated heterocycles. The van der Waals surface area contributed by atoms with Crippen molar-refractivity contribution in [3.63, 3.8) is 0 Å². The second-order valence-corrected chi connectivity index (χ2v) is 7.12. The summed E-state index contributed by atoms with van der Waals surface area (Å²) < 4.78 is 25.2. The second kappa shape index (κ2) is 10.7. The SMILES string of the molecule is BOCCCC(=O)NCc1ccc([N+](=O)[O-])c(C(C)OP(=O)(O)OS)c1. The highest BCUT2D eigenvalue weighted by molar-refractivity contribution is 7.80. The predicted molar refractivity (Wildman–Crippen MR) is 98.1 cm³/mol. The van der Waals surface area contributed by atoms with Gasteiger partial charge in [-0.05, 0) is 37.9 Å². The molecule has 1 rings (SSSR count). The number of nitrogens with zero attached hydrogens (tertiary/aromatic N) is 1. The summed E-state index contributed by atoms with van der Waals surface area (Å²) in [4.78, 5) is 31.6. The van der Waals surface area contributed by atoms with Crippen LogP contribution < -0.4 is 5.32 Å². The Bertz CT molecular complexity index is 692. The number of benzene rings is 1. The Labute approximate surface area is 157 Å². The van der Waals surface area contributed by atoms with Gasteiger partial charge in [-0.15, -0.1) is 0 Å². The first-order chi connectivity index (χ1) is 12.2. The van der Waals surface area contributed by atoms with Gasteiger partial charge in [-0.1, -0.05) is 6.07 Å². The summed E-state index contributed by atoms with van der Waals surface area (Å²) in [7, 11) is -2.90. The molecule has 13 heteroatoms. The summed E-state index contributed by atoms with van der Waals surface area (Å²) in [6.45, 7) is 1.98. The van der Waals surface area contributed by atoms with Crippen LogP contribution in [-0.4, -0.2) is 30.4 Å². The van der Waals surface area contributed by atoms with E-state index in [4.69, 9.17) is 9.18 Å². The number of nitro benzene ring substituents is 1. The van der Waals surface area contributed by atoms with Crippen LogP contribution in [0.5, 0.6) is 0 Å². The molecule has 0 heterocycles. The largest absolute Gasteiger partial charge is 0.483 e. The molecule has 144 valence electrons. The van der Waals surface area contributed by atoms with Crippen LogP contribution in [0.2, 0.25) is 0 Å². The predicted octanol–water partition coefficient (Wildman–Crippen LogP) is 1.60. The molecule has 1 aromatic rings. The third-order valence-electron chi connectivity index (χ3n) is 3.36. The lowest BCUT2D eigenvalue weighted by atomic mass is 10.0. The minimum absolute atomic E-state index is 0.0702. The molecule has 0 aliphatic carbocycles. The van der Waals surface area contributed by atoms with Gasteiger partial charge in [-0.2, -0.15) is 0 Å². The third-order valence-corrected chi connectivity index (χ3v) is 4.77. The normalized spacial score (nSPS) is 14.4. The van der Waals surface area contributed by atoms with Crippen molar-refractivity contribution in [1.82, 2.24) is 5.32 Å². The van der Waals surface area contributed by atoms with Crippen molar-refractivity contribution in [3.05, 3.63) is 39.4 Å². The van der Waals surface area contributed by atoms with Crippen molar-refractivity contribution in [1.29, 1.82) is 0 Å². The van der Waals surface area contributed by atoms with E-state index in [0.29, 0.717) is 25.0 Å². The van der Waals surface area contributed by atoms with E-state index in [1.807, 2.05) is 0 Å². The van der Waals surface area contributed by atoms with Crippen molar-refractivity contribution >= 4 is 40.4 Å². The highest BCUT2D eigenvalue weighted by atomic mass is 32.1. The number of phosphoric ester groups is 1. The summed E-state index contributed by atoms with van der Waals surface area (Å²) in [5, 5.41) is 13.9. The zero-order chi connectivity index (χ0) is 19.7. The minimum Gasteiger partial charge on any atom is -0.444 e. The third kappa shape index (κ3) is 7.44. The van der Waals surface area contributed by atoms with Gasteiger partial charge in [-0.25, -0.2) is 8.54 Å². The Morgan fingerprint density at radius 3 is 2.81 bits per heavy atom. The molecule has 0 aliphatic heterocycles. The summed E-state index contributed by atoms with van der Waals surface area (Å²) in [6.07, 6.45) is -0.246. The summed E-state index contributed by atoms with van der Waals surface area (Å²) in [6, 6.07) is 4.15. The second-order valence-electron chi connectivity index (χ2n) is 5.32. The van der Waals surface area contributed by atoms with Crippen LogP contribution in [-0.2, 0) is 29.1 Å². The fraction of sp³-hybridized carbons (Fsp3) is 0.462. The Hall–Kier alpha value is -1.43. The maximum atomic E-state index is 11.7. The van der Waals surface area contributed by atoms with E-state index in [2.05, 4.69) is 22.2 Å². The average molecular weight is 406 g/mol. The average Bonchev–Trinajstić information content (AvgIpc) is 2.59. The summed E-state index contributed by atoms with van der Waals surface area (Å²) >= 11 is 3.24. The lowest BCUT2D eigenvalue weighted by molar-refractivity contribution is -0.386. The van der Waals surface area contributed by atoms with Crippen LogP contribution in [0, 0.1) is 10.1 Å². The minimum atomic E-state index is -4.45. The molecule has 10 nitrogen and oxygen atoms in total. The Balaban J connectivity index is 2.88. The number of rotatable bonds is 11. The first kappa shape index (κ1) is 22.6. The molecule has 2 N–H and O–H groups in total. The zero-order valence-electron chi connectivity index (χ0n) is 14.3. The van der Waals surface area contributed by atoms with Gasteiger partial charge in [0.05, 0.1) is 16.6 Å². The molecule has 0 aliphatic rings. The first-order valence-corrected chi connectivity index (χ1v) is 9.43. The van der Waals surface area contributed by atoms with Gasteiger partial charge in [0.25, 0.3) is 13.7 Å². The van der Waals surface area contributed by atoms with Crippen molar-refractivity contribution in [2.24, 2.45) is 0 Å². The van der Waals surface area contributed by atoms with Gasteiger partial charge in [0.15, 0.2) is 0 Å². The number of nitrogens with one attached hydrogen (secondary N) is 1. The first-order valence-electron chi connectivity index (χ1n) is 7.57. The molecule has 2 unspecified atom stereocenters. The van der Waals surface area contributed by atoms with Crippen molar-refractivity contribution in [3.8, 4) is 0 Å². The molecule has 26 heavy (non-hydrogen) atoms.